The monoisotopic (exact) mass is 301 g/mol. The highest BCUT2D eigenvalue weighted by Gasteiger charge is 2.37. The molecule has 0 aliphatic heterocycles. The third kappa shape index (κ3) is 2.90. The van der Waals surface area contributed by atoms with Crippen LogP contribution in [0.4, 0.5) is 0 Å². The molecule has 1 amide bonds. The number of pyridine rings is 2. The lowest BCUT2D eigenvalue weighted by molar-refractivity contribution is 0.0670. The normalized spacial score (nSPS) is 15.5. The molecule has 1 aliphatic rings. The molecule has 1 atom stereocenters. The van der Waals surface area contributed by atoms with Crippen LogP contribution in [0.3, 0.4) is 0 Å². The van der Waals surface area contributed by atoms with Crippen LogP contribution in [-0.2, 0) is 0 Å². The van der Waals surface area contributed by atoms with Crippen LogP contribution >= 0.6 is 11.6 Å². The first-order chi connectivity index (χ1) is 10.2. The molecule has 1 fully saturated rings. The van der Waals surface area contributed by atoms with Crippen molar-refractivity contribution in [3.63, 3.8) is 0 Å². The van der Waals surface area contributed by atoms with Gasteiger partial charge < -0.3 is 4.90 Å². The summed E-state index contributed by atoms with van der Waals surface area (Å²) in [6.07, 6.45) is 5.39. The zero-order valence-corrected chi connectivity index (χ0v) is 12.5. The van der Waals surface area contributed by atoms with Crippen LogP contribution in [0.15, 0.2) is 42.7 Å². The molecule has 1 unspecified atom stereocenters. The Labute approximate surface area is 128 Å². The molecule has 0 N–H and O–H groups in total. The van der Waals surface area contributed by atoms with Crippen molar-refractivity contribution in [1.82, 2.24) is 14.9 Å². The number of hydrogen-bond donors (Lipinski definition) is 0. The molecular weight excluding hydrogens is 286 g/mol. The van der Waals surface area contributed by atoms with Crippen molar-refractivity contribution >= 4 is 17.5 Å². The Bertz CT molecular complexity index is 643. The fourth-order valence-electron chi connectivity index (χ4n) is 2.46. The first-order valence-corrected chi connectivity index (χ1v) is 7.40. The number of rotatable bonds is 4. The average molecular weight is 302 g/mol. The van der Waals surface area contributed by atoms with Crippen molar-refractivity contribution in [1.29, 1.82) is 0 Å². The van der Waals surface area contributed by atoms with Crippen molar-refractivity contribution in [3.8, 4) is 0 Å². The molecule has 2 aromatic rings. The van der Waals surface area contributed by atoms with E-state index in [1.165, 1.54) is 0 Å². The van der Waals surface area contributed by atoms with Gasteiger partial charge in [0, 0.05) is 18.4 Å². The summed E-state index contributed by atoms with van der Waals surface area (Å²) in [7, 11) is 0. The predicted molar refractivity (Wildman–Crippen MR) is 81.1 cm³/mol. The van der Waals surface area contributed by atoms with Crippen LogP contribution in [0.5, 0.6) is 0 Å². The van der Waals surface area contributed by atoms with E-state index < -0.39 is 0 Å². The van der Waals surface area contributed by atoms with Gasteiger partial charge in [0.1, 0.15) is 5.15 Å². The summed E-state index contributed by atoms with van der Waals surface area (Å²) in [5.74, 6) is -0.0752. The fraction of sp³-hybridized carbons (Fsp3) is 0.312. The third-order valence-electron chi connectivity index (χ3n) is 3.70. The van der Waals surface area contributed by atoms with Crippen molar-refractivity contribution in [2.24, 2.45) is 0 Å². The summed E-state index contributed by atoms with van der Waals surface area (Å²) >= 11 is 6.06. The van der Waals surface area contributed by atoms with Gasteiger partial charge in [0.25, 0.3) is 5.91 Å². The van der Waals surface area contributed by atoms with E-state index in [1.807, 2.05) is 30.0 Å². The van der Waals surface area contributed by atoms with E-state index in [1.54, 1.807) is 24.5 Å². The second-order valence-electron chi connectivity index (χ2n) is 5.22. The lowest BCUT2D eigenvalue weighted by Gasteiger charge is -2.29. The van der Waals surface area contributed by atoms with Gasteiger partial charge in [-0.25, -0.2) is 4.98 Å². The molecule has 0 aromatic carbocycles. The molecular formula is C16H16ClN3O. The topological polar surface area (TPSA) is 46.1 Å². The van der Waals surface area contributed by atoms with E-state index in [2.05, 4.69) is 9.97 Å². The Morgan fingerprint density at radius 3 is 2.62 bits per heavy atom. The van der Waals surface area contributed by atoms with E-state index in [0.29, 0.717) is 5.56 Å². The standard InChI is InChI=1S/C16H16ClN3O/c1-11(14-6-2-3-9-18-14)20(12-7-8-12)16(21)13-5-4-10-19-15(13)17/h2-6,9-12H,7-8H2,1H3. The summed E-state index contributed by atoms with van der Waals surface area (Å²) in [5.41, 5.74) is 1.34. The van der Waals surface area contributed by atoms with E-state index in [9.17, 15) is 4.79 Å². The third-order valence-corrected chi connectivity index (χ3v) is 4.00. The molecule has 21 heavy (non-hydrogen) atoms. The van der Waals surface area contributed by atoms with Crippen molar-refractivity contribution in [2.75, 3.05) is 0 Å². The van der Waals surface area contributed by atoms with Gasteiger partial charge >= 0.3 is 0 Å². The summed E-state index contributed by atoms with van der Waals surface area (Å²) in [6, 6.07) is 9.39. The van der Waals surface area contributed by atoms with Crippen molar-refractivity contribution in [2.45, 2.75) is 31.8 Å². The Morgan fingerprint density at radius 2 is 2.00 bits per heavy atom. The van der Waals surface area contributed by atoms with E-state index >= 15 is 0 Å². The highest BCUT2D eigenvalue weighted by Crippen LogP contribution is 2.35. The molecule has 2 heterocycles. The van der Waals surface area contributed by atoms with E-state index in [0.717, 1.165) is 18.5 Å². The lowest BCUT2D eigenvalue weighted by Crippen LogP contribution is -2.36. The number of amides is 1. The van der Waals surface area contributed by atoms with Crippen LogP contribution < -0.4 is 0 Å². The minimum atomic E-state index is -0.0810. The number of carbonyl (C=O) groups excluding carboxylic acids is 1. The zero-order chi connectivity index (χ0) is 14.8. The number of nitrogens with zero attached hydrogens (tertiary/aromatic N) is 3. The summed E-state index contributed by atoms with van der Waals surface area (Å²) in [5, 5.41) is 0.251. The smallest absolute Gasteiger partial charge is 0.257 e. The van der Waals surface area contributed by atoms with Crippen LogP contribution in [0.2, 0.25) is 5.15 Å². The molecule has 108 valence electrons. The highest BCUT2D eigenvalue weighted by atomic mass is 35.5. The highest BCUT2D eigenvalue weighted by molar-refractivity contribution is 6.32. The van der Waals surface area contributed by atoms with Crippen LogP contribution in [0.25, 0.3) is 0 Å². The Morgan fingerprint density at radius 1 is 1.24 bits per heavy atom. The van der Waals surface area contributed by atoms with Crippen LogP contribution in [0, 0.1) is 0 Å². The summed E-state index contributed by atoms with van der Waals surface area (Å²) < 4.78 is 0. The van der Waals surface area contributed by atoms with Gasteiger partial charge in [-0.15, -0.1) is 0 Å². The first kappa shape index (κ1) is 14.0. The first-order valence-electron chi connectivity index (χ1n) is 7.02. The van der Waals surface area contributed by atoms with Crippen LogP contribution in [-0.4, -0.2) is 26.8 Å². The molecule has 0 spiro atoms. The second-order valence-corrected chi connectivity index (χ2v) is 5.57. The van der Waals surface area contributed by atoms with Gasteiger partial charge in [-0.3, -0.25) is 9.78 Å². The molecule has 1 aliphatic carbocycles. The van der Waals surface area contributed by atoms with Crippen molar-refractivity contribution in [3.05, 3.63) is 59.1 Å². The van der Waals surface area contributed by atoms with Gasteiger partial charge in [-0.2, -0.15) is 0 Å². The lowest BCUT2D eigenvalue weighted by atomic mass is 10.1. The van der Waals surface area contributed by atoms with Crippen molar-refractivity contribution < 1.29 is 4.79 Å². The quantitative estimate of drug-likeness (QED) is 0.812. The van der Waals surface area contributed by atoms with Gasteiger partial charge in [0.2, 0.25) is 0 Å². The van der Waals surface area contributed by atoms with Crippen LogP contribution in [0.1, 0.15) is 41.9 Å². The molecule has 0 radical (unpaired) electrons. The Kier molecular flexibility index (Phi) is 3.88. The number of halogens is 1. The molecule has 3 rings (SSSR count). The van der Waals surface area contributed by atoms with E-state index in [4.69, 9.17) is 11.6 Å². The minimum Gasteiger partial charge on any atom is -0.327 e. The molecule has 4 nitrogen and oxygen atoms in total. The molecule has 1 saturated carbocycles. The SMILES string of the molecule is CC(c1ccccn1)N(C(=O)c1cccnc1Cl)C1CC1. The van der Waals surface area contributed by atoms with Gasteiger partial charge in [0.05, 0.1) is 17.3 Å². The maximum atomic E-state index is 12.8. The molecule has 2 aromatic heterocycles. The Hall–Kier alpha value is -1.94. The zero-order valence-electron chi connectivity index (χ0n) is 11.7. The van der Waals surface area contributed by atoms with E-state index in [-0.39, 0.29) is 23.1 Å². The predicted octanol–water partition coefficient (Wildman–Crippen LogP) is 3.50. The molecule has 0 bridgehead atoms. The molecule has 0 saturated heterocycles. The summed E-state index contributed by atoms with van der Waals surface area (Å²) in [4.78, 5) is 23.1. The average Bonchev–Trinajstić information content (AvgIpc) is 3.33. The number of carbonyl (C=O) groups is 1. The maximum Gasteiger partial charge on any atom is 0.257 e. The van der Waals surface area contributed by atoms with Gasteiger partial charge in [-0.05, 0) is 44.0 Å². The van der Waals surface area contributed by atoms with Gasteiger partial charge in [-0.1, -0.05) is 17.7 Å². The molecule has 5 heteroatoms. The number of hydrogen-bond acceptors (Lipinski definition) is 3. The number of aromatic nitrogens is 2. The maximum absolute atomic E-state index is 12.8. The Balaban J connectivity index is 1.92. The largest absolute Gasteiger partial charge is 0.327 e. The minimum absolute atomic E-state index is 0.0752. The summed E-state index contributed by atoms with van der Waals surface area (Å²) in [6.45, 7) is 2.00. The van der Waals surface area contributed by atoms with Gasteiger partial charge in [0.15, 0.2) is 0 Å². The second kappa shape index (κ2) is 5.82. The fourth-order valence-corrected chi connectivity index (χ4v) is 2.66.